The summed E-state index contributed by atoms with van der Waals surface area (Å²) in [6.07, 6.45) is 2.00. The molecule has 1 aromatic carbocycles. The summed E-state index contributed by atoms with van der Waals surface area (Å²) in [6, 6.07) is 8.37. The van der Waals surface area contributed by atoms with Crippen molar-refractivity contribution in [1.29, 1.82) is 0 Å². The van der Waals surface area contributed by atoms with Gasteiger partial charge in [-0.15, -0.1) is 24.0 Å². The van der Waals surface area contributed by atoms with Crippen molar-refractivity contribution in [2.45, 2.75) is 26.3 Å². The van der Waals surface area contributed by atoms with Crippen LogP contribution in [0.15, 0.2) is 29.3 Å². The average molecular weight is 530 g/mol. The van der Waals surface area contributed by atoms with Crippen molar-refractivity contribution in [3.8, 4) is 0 Å². The van der Waals surface area contributed by atoms with Crippen molar-refractivity contribution in [2.75, 3.05) is 59.7 Å². The lowest BCUT2D eigenvalue weighted by Gasteiger charge is -2.28. The first kappa shape index (κ1) is 24.9. The van der Waals surface area contributed by atoms with Crippen LogP contribution in [0.3, 0.4) is 0 Å². The molecule has 1 amide bonds. The molecule has 0 aromatic heterocycles. The Morgan fingerprint density at radius 3 is 2.77 bits per heavy atom. The minimum absolute atomic E-state index is 0. The number of fused-ring (bicyclic) bond motifs is 1. The van der Waals surface area contributed by atoms with E-state index in [4.69, 9.17) is 9.47 Å². The van der Waals surface area contributed by atoms with Gasteiger partial charge in [0.05, 0.1) is 19.8 Å². The van der Waals surface area contributed by atoms with Crippen LogP contribution in [0.5, 0.6) is 0 Å². The molecule has 0 spiro atoms. The number of carbonyl (C=O) groups excluding carboxylic acids is 1. The van der Waals surface area contributed by atoms with E-state index in [0.717, 1.165) is 51.6 Å². The number of hydrogen-bond acceptors (Lipinski definition) is 4. The lowest BCUT2D eigenvalue weighted by atomic mass is 10.00. The first-order valence-electron chi connectivity index (χ1n) is 10.7. The number of aliphatic imine (C=N–C) groups is 1. The molecule has 1 N–H and O–H groups in total. The van der Waals surface area contributed by atoms with E-state index in [1.165, 1.54) is 11.1 Å². The molecule has 1 atom stereocenters. The Bertz CT molecular complexity index is 701. The summed E-state index contributed by atoms with van der Waals surface area (Å²) >= 11 is 0. The zero-order valence-electron chi connectivity index (χ0n) is 18.1. The predicted molar refractivity (Wildman–Crippen MR) is 129 cm³/mol. The molecule has 1 unspecified atom stereocenters. The fourth-order valence-electron chi connectivity index (χ4n) is 3.93. The van der Waals surface area contributed by atoms with E-state index in [1.54, 1.807) is 7.11 Å². The SMILES string of the molecule is CCNC(=NCC(=O)N1CCc2ccccc2C1)N1CCC(COCCOC)C1.I. The van der Waals surface area contributed by atoms with Crippen LogP contribution in [-0.2, 0) is 27.2 Å². The molecule has 30 heavy (non-hydrogen) atoms. The highest BCUT2D eigenvalue weighted by Crippen LogP contribution is 2.19. The maximum absolute atomic E-state index is 12.7. The molecule has 0 radical (unpaired) electrons. The molecule has 168 valence electrons. The van der Waals surface area contributed by atoms with Gasteiger partial charge in [0.1, 0.15) is 6.54 Å². The van der Waals surface area contributed by atoms with Crippen LogP contribution in [0.2, 0.25) is 0 Å². The van der Waals surface area contributed by atoms with Crippen molar-refractivity contribution >= 4 is 35.8 Å². The van der Waals surface area contributed by atoms with Crippen LogP contribution < -0.4 is 5.32 Å². The summed E-state index contributed by atoms with van der Waals surface area (Å²) in [5.41, 5.74) is 2.60. The molecule has 1 saturated heterocycles. The van der Waals surface area contributed by atoms with Gasteiger partial charge in [-0.1, -0.05) is 24.3 Å². The smallest absolute Gasteiger partial charge is 0.244 e. The van der Waals surface area contributed by atoms with Crippen molar-refractivity contribution in [2.24, 2.45) is 10.9 Å². The average Bonchev–Trinajstić information content (AvgIpc) is 3.22. The summed E-state index contributed by atoms with van der Waals surface area (Å²) in [7, 11) is 1.68. The summed E-state index contributed by atoms with van der Waals surface area (Å²) in [4.78, 5) is 21.6. The third-order valence-electron chi connectivity index (χ3n) is 5.55. The number of likely N-dealkylation sites (tertiary alicyclic amines) is 1. The number of ether oxygens (including phenoxy) is 2. The fraction of sp³-hybridized carbons (Fsp3) is 0.636. The van der Waals surface area contributed by atoms with Gasteiger partial charge in [-0.25, -0.2) is 4.99 Å². The van der Waals surface area contributed by atoms with Gasteiger partial charge in [0.15, 0.2) is 5.96 Å². The number of nitrogens with zero attached hydrogens (tertiary/aromatic N) is 3. The Hall–Kier alpha value is -1.39. The van der Waals surface area contributed by atoms with E-state index in [1.807, 2.05) is 11.0 Å². The number of rotatable bonds is 8. The molecule has 7 nitrogen and oxygen atoms in total. The van der Waals surface area contributed by atoms with E-state index in [-0.39, 0.29) is 36.4 Å². The quantitative estimate of drug-likeness (QED) is 0.242. The van der Waals surface area contributed by atoms with Gasteiger partial charge < -0.3 is 24.6 Å². The van der Waals surface area contributed by atoms with E-state index in [0.29, 0.717) is 25.7 Å². The minimum atomic E-state index is 0. The molecule has 0 aliphatic carbocycles. The Balaban J connectivity index is 0.00000320. The summed E-state index contributed by atoms with van der Waals surface area (Å²) < 4.78 is 10.7. The number of benzene rings is 1. The van der Waals surface area contributed by atoms with Crippen LogP contribution in [0.1, 0.15) is 24.5 Å². The molecular formula is C22H35IN4O3. The number of halogens is 1. The maximum Gasteiger partial charge on any atom is 0.244 e. The Morgan fingerprint density at radius 1 is 1.20 bits per heavy atom. The highest BCUT2D eigenvalue weighted by molar-refractivity contribution is 14.0. The standard InChI is InChI=1S/C22H34N4O3.HI/c1-3-23-22(26-10-8-18(15-26)17-29-13-12-28-2)24-14-21(27)25-11-9-19-6-4-5-7-20(19)16-25;/h4-7,18H,3,8-17H2,1-2H3,(H,23,24);1H. The molecule has 3 rings (SSSR count). The maximum atomic E-state index is 12.7. The zero-order valence-corrected chi connectivity index (χ0v) is 20.5. The van der Waals surface area contributed by atoms with Crippen LogP contribution in [0, 0.1) is 5.92 Å². The number of hydrogen-bond donors (Lipinski definition) is 1. The second-order valence-corrected chi connectivity index (χ2v) is 7.67. The number of carbonyl (C=O) groups is 1. The summed E-state index contributed by atoms with van der Waals surface area (Å²) in [6.45, 7) is 8.34. The molecule has 1 fully saturated rings. The molecule has 2 heterocycles. The van der Waals surface area contributed by atoms with E-state index < -0.39 is 0 Å². The van der Waals surface area contributed by atoms with Crippen LogP contribution in [-0.4, -0.2) is 81.3 Å². The van der Waals surface area contributed by atoms with Crippen molar-refractivity contribution in [3.63, 3.8) is 0 Å². The Kier molecular flexibility index (Phi) is 10.9. The Morgan fingerprint density at radius 2 is 2.00 bits per heavy atom. The van der Waals surface area contributed by atoms with Crippen molar-refractivity contribution in [3.05, 3.63) is 35.4 Å². The van der Waals surface area contributed by atoms with E-state index in [2.05, 4.69) is 40.3 Å². The van der Waals surface area contributed by atoms with Gasteiger partial charge in [0.2, 0.25) is 5.91 Å². The first-order chi connectivity index (χ1) is 14.2. The van der Waals surface area contributed by atoms with E-state index >= 15 is 0 Å². The third kappa shape index (κ3) is 7.09. The summed E-state index contributed by atoms with van der Waals surface area (Å²) in [5, 5.41) is 3.34. The van der Waals surface area contributed by atoms with Gasteiger partial charge >= 0.3 is 0 Å². The second kappa shape index (κ2) is 13.1. The molecule has 8 heteroatoms. The fourth-order valence-corrected chi connectivity index (χ4v) is 3.93. The van der Waals surface area contributed by atoms with E-state index in [9.17, 15) is 4.79 Å². The van der Waals surface area contributed by atoms with Crippen LogP contribution in [0.25, 0.3) is 0 Å². The summed E-state index contributed by atoms with van der Waals surface area (Å²) in [5.74, 6) is 1.41. The van der Waals surface area contributed by atoms with Gasteiger partial charge in [-0.3, -0.25) is 4.79 Å². The molecule has 1 aromatic rings. The monoisotopic (exact) mass is 530 g/mol. The molecule has 0 bridgehead atoms. The van der Waals surface area contributed by atoms with Crippen LogP contribution >= 0.6 is 24.0 Å². The van der Waals surface area contributed by atoms with Gasteiger partial charge in [0, 0.05) is 45.8 Å². The predicted octanol–water partition coefficient (Wildman–Crippen LogP) is 2.14. The third-order valence-corrected chi connectivity index (χ3v) is 5.55. The lowest BCUT2D eigenvalue weighted by Crippen LogP contribution is -2.42. The molecule has 0 saturated carbocycles. The normalized spacial score (nSPS) is 18.7. The topological polar surface area (TPSA) is 66.4 Å². The minimum Gasteiger partial charge on any atom is -0.382 e. The number of amides is 1. The Labute approximate surface area is 197 Å². The van der Waals surface area contributed by atoms with Crippen LogP contribution in [0.4, 0.5) is 0 Å². The second-order valence-electron chi connectivity index (χ2n) is 7.67. The lowest BCUT2D eigenvalue weighted by molar-refractivity contribution is -0.130. The van der Waals surface area contributed by atoms with Gasteiger partial charge in [-0.2, -0.15) is 0 Å². The molecule has 2 aliphatic rings. The molecular weight excluding hydrogens is 495 g/mol. The largest absolute Gasteiger partial charge is 0.382 e. The van der Waals surface area contributed by atoms with Gasteiger partial charge in [0.25, 0.3) is 0 Å². The molecule has 2 aliphatic heterocycles. The van der Waals surface area contributed by atoms with Crippen molar-refractivity contribution < 1.29 is 14.3 Å². The van der Waals surface area contributed by atoms with Gasteiger partial charge in [-0.05, 0) is 30.9 Å². The number of methoxy groups -OCH3 is 1. The highest BCUT2D eigenvalue weighted by atomic mass is 127. The number of guanidine groups is 1. The zero-order chi connectivity index (χ0) is 20.5. The highest BCUT2D eigenvalue weighted by Gasteiger charge is 2.26. The van der Waals surface area contributed by atoms with Crippen molar-refractivity contribution in [1.82, 2.24) is 15.1 Å². The first-order valence-corrected chi connectivity index (χ1v) is 10.7. The number of nitrogens with one attached hydrogen (secondary N) is 1.